The Hall–Kier alpha value is -1.80. The van der Waals surface area contributed by atoms with E-state index in [-0.39, 0.29) is 6.04 Å². The van der Waals surface area contributed by atoms with Gasteiger partial charge in [-0.2, -0.15) is 0 Å². The van der Waals surface area contributed by atoms with Crippen LogP contribution in [0, 0.1) is 0 Å². The van der Waals surface area contributed by atoms with Gasteiger partial charge in [-0.25, -0.2) is 0 Å². The summed E-state index contributed by atoms with van der Waals surface area (Å²) >= 11 is 0. The van der Waals surface area contributed by atoms with Crippen molar-refractivity contribution in [2.75, 3.05) is 0 Å². The molecule has 0 bridgehead atoms. The number of ether oxygens (including phenoxy) is 1. The number of benzene rings is 2. The van der Waals surface area contributed by atoms with E-state index in [9.17, 15) is 0 Å². The van der Waals surface area contributed by atoms with E-state index < -0.39 is 0 Å². The van der Waals surface area contributed by atoms with E-state index in [4.69, 9.17) is 10.5 Å². The van der Waals surface area contributed by atoms with Crippen LogP contribution >= 0.6 is 0 Å². The van der Waals surface area contributed by atoms with E-state index in [1.165, 1.54) is 0 Å². The molecule has 2 N–H and O–H groups in total. The van der Waals surface area contributed by atoms with E-state index >= 15 is 0 Å². The Morgan fingerprint density at radius 2 is 1.62 bits per heavy atom. The third-order valence-electron chi connectivity index (χ3n) is 2.36. The summed E-state index contributed by atoms with van der Waals surface area (Å²) in [6, 6.07) is 17.6. The van der Waals surface area contributed by atoms with Gasteiger partial charge in [-0.05, 0) is 36.8 Å². The maximum atomic E-state index is 5.82. The highest BCUT2D eigenvalue weighted by molar-refractivity contribution is 5.34. The molecule has 82 valence electrons. The van der Waals surface area contributed by atoms with Gasteiger partial charge in [0.15, 0.2) is 0 Å². The number of rotatable bonds is 3. The Kier molecular flexibility index (Phi) is 3.22. The van der Waals surface area contributed by atoms with Gasteiger partial charge in [-0.15, -0.1) is 0 Å². The Balaban J connectivity index is 2.19. The van der Waals surface area contributed by atoms with E-state index in [2.05, 4.69) is 0 Å². The Bertz CT molecular complexity index is 451. The molecule has 16 heavy (non-hydrogen) atoms. The van der Waals surface area contributed by atoms with Crippen LogP contribution in [0.3, 0.4) is 0 Å². The molecule has 0 heterocycles. The SMILES string of the molecule is C[C@@H](N)c1cccc(Oc2ccccc2)c1. The molecule has 2 aromatic rings. The lowest BCUT2D eigenvalue weighted by molar-refractivity contribution is 0.481. The maximum Gasteiger partial charge on any atom is 0.127 e. The smallest absolute Gasteiger partial charge is 0.127 e. The minimum atomic E-state index is 0.0272. The molecule has 0 saturated heterocycles. The number of hydrogen-bond acceptors (Lipinski definition) is 2. The van der Waals surface area contributed by atoms with E-state index in [1.807, 2.05) is 61.5 Å². The van der Waals surface area contributed by atoms with E-state index in [1.54, 1.807) is 0 Å². The summed E-state index contributed by atoms with van der Waals surface area (Å²) < 4.78 is 5.71. The van der Waals surface area contributed by atoms with Crippen molar-refractivity contribution in [2.45, 2.75) is 13.0 Å². The lowest BCUT2D eigenvalue weighted by atomic mass is 10.1. The summed E-state index contributed by atoms with van der Waals surface area (Å²) in [4.78, 5) is 0. The highest BCUT2D eigenvalue weighted by atomic mass is 16.5. The second-order valence-electron chi connectivity index (χ2n) is 3.78. The minimum Gasteiger partial charge on any atom is -0.457 e. The lowest BCUT2D eigenvalue weighted by Gasteiger charge is -2.09. The number of para-hydroxylation sites is 1. The van der Waals surface area contributed by atoms with Crippen LogP contribution in [0.2, 0.25) is 0 Å². The Morgan fingerprint density at radius 1 is 0.938 bits per heavy atom. The molecule has 0 amide bonds. The summed E-state index contributed by atoms with van der Waals surface area (Å²) in [6.07, 6.45) is 0. The molecule has 1 atom stereocenters. The quantitative estimate of drug-likeness (QED) is 0.846. The van der Waals surface area contributed by atoms with Crippen LogP contribution in [-0.2, 0) is 0 Å². The van der Waals surface area contributed by atoms with Crippen LogP contribution in [0.15, 0.2) is 54.6 Å². The first kappa shape index (κ1) is 10.7. The molecule has 0 saturated carbocycles. The zero-order valence-electron chi connectivity index (χ0n) is 9.26. The van der Waals surface area contributed by atoms with Crippen molar-refractivity contribution < 1.29 is 4.74 Å². The van der Waals surface area contributed by atoms with Crippen LogP contribution < -0.4 is 10.5 Å². The van der Waals surface area contributed by atoms with Crippen molar-refractivity contribution in [1.29, 1.82) is 0 Å². The number of nitrogens with two attached hydrogens (primary N) is 1. The standard InChI is InChI=1S/C14H15NO/c1-11(15)12-6-5-9-14(10-12)16-13-7-3-2-4-8-13/h2-11H,15H2,1H3/t11-/m1/s1. The summed E-state index contributed by atoms with van der Waals surface area (Å²) in [5.41, 5.74) is 6.90. The van der Waals surface area contributed by atoms with Gasteiger partial charge in [0, 0.05) is 6.04 Å². The highest BCUT2D eigenvalue weighted by Crippen LogP contribution is 2.23. The van der Waals surface area contributed by atoms with Crippen LogP contribution in [0.5, 0.6) is 11.5 Å². The molecule has 0 aliphatic carbocycles. The van der Waals surface area contributed by atoms with Gasteiger partial charge in [0.2, 0.25) is 0 Å². The molecule has 2 heteroatoms. The summed E-state index contributed by atoms with van der Waals surface area (Å²) in [6.45, 7) is 1.96. The van der Waals surface area contributed by atoms with Crippen LogP contribution in [0.4, 0.5) is 0 Å². The molecule has 0 aromatic heterocycles. The fourth-order valence-corrected chi connectivity index (χ4v) is 1.49. The highest BCUT2D eigenvalue weighted by Gasteiger charge is 2.01. The fraction of sp³-hybridized carbons (Fsp3) is 0.143. The topological polar surface area (TPSA) is 35.2 Å². The molecule has 0 fully saturated rings. The Labute approximate surface area is 95.7 Å². The summed E-state index contributed by atoms with van der Waals surface area (Å²) in [5, 5.41) is 0. The van der Waals surface area contributed by atoms with E-state index in [0.717, 1.165) is 17.1 Å². The van der Waals surface area contributed by atoms with Gasteiger partial charge in [-0.3, -0.25) is 0 Å². The largest absolute Gasteiger partial charge is 0.457 e. The van der Waals surface area contributed by atoms with Crippen molar-refractivity contribution in [3.8, 4) is 11.5 Å². The van der Waals surface area contributed by atoms with Gasteiger partial charge in [0.1, 0.15) is 11.5 Å². The van der Waals surface area contributed by atoms with Gasteiger partial charge in [0.25, 0.3) is 0 Å². The van der Waals surface area contributed by atoms with Gasteiger partial charge >= 0.3 is 0 Å². The Morgan fingerprint density at radius 3 is 2.31 bits per heavy atom. The third kappa shape index (κ3) is 2.61. The van der Waals surface area contributed by atoms with E-state index in [0.29, 0.717) is 0 Å². The van der Waals surface area contributed by atoms with Crippen LogP contribution in [0.25, 0.3) is 0 Å². The first-order chi connectivity index (χ1) is 7.75. The molecular formula is C14H15NO. The summed E-state index contributed by atoms with van der Waals surface area (Å²) in [5.74, 6) is 1.66. The molecule has 0 aliphatic heterocycles. The molecule has 0 radical (unpaired) electrons. The average molecular weight is 213 g/mol. The molecule has 2 aromatic carbocycles. The molecular weight excluding hydrogens is 198 g/mol. The zero-order chi connectivity index (χ0) is 11.4. The first-order valence-corrected chi connectivity index (χ1v) is 5.34. The van der Waals surface area contributed by atoms with Crippen molar-refractivity contribution in [3.05, 3.63) is 60.2 Å². The van der Waals surface area contributed by atoms with Crippen LogP contribution in [-0.4, -0.2) is 0 Å². The van der Waals surface area contributed by atoms with Crippen LogP contribution in [0.1, 0.15) is 18.5 Å². The summed E-state index contributed by atoms with van der Waals surface area (Å²) in [7, 11) is 0. The van der Waals surface area contributed by atoms with Crippen molar-refractivity contribution in [3.63, 3.8) is 0 Å². The monoisotopic (exact) mass is 213 g/mol. The fourth-order valence-electron chi connectivity index (χ4n) is 1.49. The van der Waals surface area contributed by atoms with Crippen molar-refractivity contribution in [1.82, 2.24) is 0 Å². The predicted octanol–water partition coefficient (Wildman–Crippen LogP) is 3.50. The predicted molar refractivity (Wildman–Crippen MR) is 65.6 cm³/mol. The molecule has 0 aliphatic rings. The first-order valence-electron chi connectivity index (χ1n) is 5.34. The molecule has 0 unspecified atom stereocenters. The maximum absolute atomic E-state index is 5.82. The van der Waals surface area contributed by atoms with Crippen molar-refractivity contribution >= 4 is 0 Å². The number of hydrogen-bond donors (Lipinski definition) is 1. The zero-order valence-corrected chi connectivity index (χ0v) is 9.26. The third-order valence-corrected chi connectivity index (χ3v) is 2.36. The molecule has 2 nitrogen and oxygen atoms in total. The second kappa shape index (κ2) is 4.81. The van der Waals surface area contributed by atoms with Gasteiger partial charge < -0.3 is 10.5 Å². The minimum absolute atomic E-state index is 0.0272. The van der Waals surface area contributed by atoms with Crippen molar-refractivity contribution in [2.24, 2.45) is 5.73 Å². The normalized spacial score (nSPS) is 12.1. The second-order valence-corrected chi connectivity index (χ2v) is 3.78. The van der Waals surface area contributed by atoms with Gasteiger partial charge in [0.05, 0.1) is 0 Å². The lowest BCUT2D eigenvalue weighted by Crippen LogP contribution is -2.04. The molecule has 2 rings (SSSR count). The average Bonchev–Trinajstić information content (AvgIpc) is 2.30. The molecule has 0 spiro atoms. The van der Waals surface area contributed by atoms with Gasteiger partial charge in [-0.1, -0.05) is 30.3 Å².